The molecular formula is C13H19ClN3. The molecule has 4 heteroatoms. The van der Waals surface area contributed by atoms with E-state index in [1.54, 1.807) is 6.20 Å². The zero-order chi connectivity index (χ0) is 12.3. The van der Waals surface area contributed by atoms with Crippen LogP contribution in [0, 0.1) is 5.92 Å². The molecule has 1 aliphatic heterocycles. The second-order valence-electron chi connectivity index (χ2n) is 4.78. The van der Waals surface area contributed by atoms with Gasteiger partial charge in [-0.2, -0.15) is 0 Å². The van der Waals surface area contributed by atoms with Crippen molar-refractivity contribution in [3.63, 3.8) is 0 Å². The number of hydrogen-bond acceptors (Lipinski definition) is 3. The van der Waals surface area contributed by atoms with Gasteiger partial charge in [0.2, 0.25) is 0 Å². The maximum atomic E-state index is 6.11. The van der Waals surface area contributed by atoms with Gasteiger partial charge in [-0.3, -0.25) is 4.90 Å². The lowest BCUT2D eigenvalue weighted by Crippen LogP contribution is -2.47. The molecule has 1 aliphatic rings. The molecule has 1 fully saturated rings. The minimum atomic E-state index is 0.610. The van der Waals surface area contributed by atoms with E-state index >= 15 is 0 Å². The van der Waals surface area contributed by atoms with Crippen molar-refractivity contribution in [1.29, 1.82) is 0 Å². The number of halogens is 1. The second kappa shape index (κ2) is 5.69. The summed E-state index contributed by atoms with van der Waals surface area (Å²) < 4.78 is 0. The smallest absolute Gasteiger partial charge is 0.152 e. The maximum absolute atomic E-state index is 6.11. The van der Waals surface area contributed by atoms with Crippen LogP contribution in [0.2, 0.25) is 5.15 Å². The molecule has 0 saturated carbocycles. The molecular weight excluding hydrogens is 234 g/mol. The van der Waals surface area contributed by atoms with Gasteiger partial charge in [-0.25, -0.2) is 4.98 Å². The van der Waals surface area contributed by atoms with Crippen molar-refractivity contribution in [2.45, 2.75) is 13.8 Å². The first-order valence-electron chi connectivity index (χ1n) is 6.03. The van der Waals surface area contributed by atoms with Crippen LogP contribution < -0.4 is 4.90 Å². The van der Waals surface area contributed by atoms with Crippen LogP contribution in [0.1, 0.15) is 13.8 Å². The maximum Gasteiger partial charge on any atom is 0.152 e. The highest BCUT2D eigenvalue weighted by atomic mass is 35.5. The van der Waals surface area contributed by atoms with E-state index in [9.17, 15) is 0 Å². The Morgan fingerprint density at radius 3 is 2.59 bits per heavy atom. The number of piperazine rings is 1. The number of aromatic nitrogens is 1. The Bertz CT molecular complexity index is 359. The Hall–Kier alpha value is -0.800. The fraction of sp³-hybridized carbons (Fsp3) is 0.538. The Balaban J connectivity index is 1.93. The molecule has 0 bridgehead atoms. The summed E-state index contributed by atoms with van der Waals surface area (Å²) in [5, 5.41) is 0.610. The summed E-state index contributed by atoms with van der Waals surface area (Å²) in [4.78, 5) is 8.93. The number of anilines is 1. The molecule has 0 spiro atoms. The minimum absolute atomic E-state index is 0.610. The molecule has 1 radical (unpaired) electrons. The van der Waals surface area contributed by atoms with E-state index in [1.807, 2.05) is 12.1 Å². The van der Waals surface area contributed by atoms with Crippen LogP contribution in [0.3, 0.4) is 0 Å². The van der Waals surface area contributed by atoms with Crippen molar-refractivity contribution in [3.05, 3.63) is 29.4 Å². The summed E-state index contributed by atoms with van der Waals surface area (Å²) in [6.45, 7) is 9.72. The topological polar surface area (TPSA) is 19.4 Å². The molecule has 93 valence electrons. The fourth-order valence-corrected chi connectivity index (χ4v) is 2.45. The number of rotatable bonds is 3. The second-order valence-corrected chi connectivity index (χ2v) is 5.14. The van der Waals surface area contributed by atoms with Gasteiger partial charge < -0.3 is 4.90 Å². The molecule has 0 unspecified atom stereocenters. The van der Waals surface area contributed by atoms with E-state index in [-0.39, 0.29) is 0 Å². The van der Waals surface area contributed by atoms with Crippen molar-refractivity contribution >= 4 is 17.3 Å². The van der Waals surface area contributed by atoms with E-state index in [0.717, 1.165) is 38.4 Å². The highest BCUT2D eigenvalue weighted by Gasteiger charge is 2.19. The third-order valence-corrected chi connectivity index (χ3v) is 3.28. The van der Waals surface area contributed by atoms with Gasteiger partial charge >= 0.3 is 0 Å². The summed E-state index contributed by atoms with van der Waals surface area (Å²) in [6, 6.07) is 3.99. The van der Waals surface area contributed by atoms with Crippen LogP contribution in [-0.2, 0) is 0 Å². The average Bonchev–Trinajstić information content (AvgIpc) is 2.30. The van der Waals surface area contributed by atoms with Gasteiger partial charge in [0.1, 0.15) is 0 Å². The molecule has 0 N–H and O–H groups in total. The van der Waals surface area contributed by atoms with Gasteiger partial charge in [-0.1, -0.05) is 25.4 Å². The average molecular weight is 253 g/mol. The predicted molar refractivity (Wildman–Crippen MR) is 72.5 cm³/mol. The summed E-state index contributed by atoms with van der Waals surface area (Å²) in [5.74, 6) is 1.47. The van der Waals surface area contributed by atoms with Crippen LogP contribution in [-0.4, -0.2) is 42.6 Å². The van der Waals surface area contributed by atoms with Gasteiger partial charge in [-0.05, 0) is 18.1 Å². The van der Waals surface area contributed by atoms with E-state index in [0.29, 0.717) is 5.15 Å². The fourth-order valence-electron chi connectivity index (χ4n) is 2.21. The molecule has 0 amide bonds. The minimum Gasteiger partial charge on any atom is -0.366 e. The van der Waals surface area contributed by atoms with Crippen molar-refractivity contribution in [2.24, 2.45) is 0 Å². The molecule has 0 aromatic carbocycles. The van der Waals surface area contributed by atoms with Crippen molar-refractivity contribution < 1.29 is 0 Å². The molecule has 3 nitrogen and oxygen atoms in total. The largest absolute Gasteiger partial charge is 0.366 e. The number of hydrogen-bond donors (Lipinski definition) is 0. The molecule has 1 saturated heterocycles. The lowest BCUT2D eigenvalue weighted by atomic mass is 10.2. The van der Waals surface area contributed by atoms with Crippen molar-refractivity contribution in [3.8, 4) is 0 Å². The molecule has 17 heavy (non-hydrogen) atoms. The first-order valence-corrected chi connectivity index (χ1v) is 6.41. The normalized spacial score (nSPS) is 17.8. The molecule has 2 rings (SSSR count). The first-order chi connectivity index (χ1) is 8.16. The molecule has 0 atom stereocenters. The molecule has 1 aromatic rings. The zero-order valence-corrected chi connectivity index (χ0v) is 11.2. The molecule has 2 heterocycles. The SMILES string of the molecule is C[C](C)CN1CCN(c2cccnc2Cl)CC1. The Kier molecular flexibility index (Phi) is 4.24. The lowest BCUT2D eigenvalue weighted by Gasteiger charge is -2.36. The summed E-state index contributed by atoms with van der Waals surface area (Å²) in [7, 11) is 0. The summed E-state index contributed by atoms with van der Waals surface area (Å²) >= 11 is 6.11. The lowest BCUT2D eigenvalue weighted by molar-refractivity contribution is 0.267. The predicted octanol–water partition coefficient (Wildman–Crippen LogP) is 2.47. The third kappa shape index (κ3) is 3.33. The quantitative estimate of drug-likeness (QED) is 0.771. The van der Waals surface area contributed by atoms with Crippen molar-refractivity contribution in [1.82, 2.24) is 9.88 Å². The summed E-state index contributed by atoms with van der Waals surface area (Å²) in [5.41, 5.74) is 1.06. The highest BCUT2D eigenvalue weighted by molar-refractivity contribution is 6.32. The highest BCUT2D eigenvalue weighted by Crippen LogP contribution is 2.23. The Morgan fingerprint density at radius 1 is 1.29 bits per heavy atom. The first kappa shape index (κ1) is 12.7. The van der Waals surface area contributed by atoms with E-state index in [2.05, 4.69) is 28.6 Å². The van der Waals surface area contributed by atoms with E-state index in [1.165, 1.54) is 5.92 Å². The Morgan fingerprint density at radius 2 is 2.00 bits per heavy atom. The van der Waals surface area contributed by atoms with Gasteiger partial charge in [0.25, 0.3) is 0 Å². The van der Waals surface area contributed by atoms with Gasteiger partial charge in [0, 0.05) is 38.9 Å². The number of pyridine rings is 1. The van der Waals surface area contributed by atoms with Gasteiger partial charge in [-0.15, -0.1) is 0 Å². The van der Waals surface area contributed by atoms with E-state index < -0.39 is 0 Å². The molecule has 1 aromatic heterocycles. The van der Waals surface area contributed by atoms with Crippen LogP contribution in [0.4, 0.5) is 5.69 Å². The van der Waals surface area contributed by atoms with Gasteiger partial charge in [0.05, 0.1) is 5.69 Å². The van der Waals surface area contributed by atoms with Gasteiger partial charge in [0.15, 0.2) is 5.15 Å². The van der Waals surface area contributed by atoms with E-state index in [4.69, 9.17) is 11.6 Å². The summed E-state index contributed by atoms with van der Waals surface area (Å²) in [6.07, 6.45) is 1.73. The van der Waals surface area contributed by atoms with Crippen molar-refractivity contribution in [2.75, 3.05) is 37.6 Å². The van der Waals surface area contributed by atoms with Crippen LogP contribution >= 0.6 is 11.6 Å². The number of nitrogens with zero attached hydrogens (tertiary/aromatic N) is 3. The third-order valence-electron chi connectivity index (χ3n) is 2.99. The zero-order valence-electron chi connectivity index (χ0n) is 10.5. The molecule has 0 aliphatic carbocycles. The van der Waals surface area contributed by atoms with Crippen LogP contribution in [0.25, 0.3) is 0 Å². The van der Waals surface area contributed by atoms with Crippen LogP contribution in [0.15, 0.2) is 18.3 Å². The monoisotopic (exact) mass is 252 g/mol. The van der Waals surface area contributed by atoms with Crippen LogP contribution in [0.5, 0.6) is 0 Å². The standard InChI is InChI=1S/C13H19ClN3/c1-11(2)10-16-6-8-17(9-7-16)12-4-3-5-15-13(12)14/h3-5H,6-10H2,1-2H3. The Labute approximate surface area is 108 Å².